The van der Waals surface area contributed by atoms with Crippen LogP contribution in [0.15, 0.2) is 22.7 Å². The first-order valence-corrected chi connectivity index (χ1v) is 7.61. The minimum absolute atomic E-state index is 0.150. The van der Waals surface area contributed by atoms with Gasteiger partial charge in [0, 0.05) is 22.0 Å². The summed E-state index contributed by atoms with van der Waals surface area (Å²) in [4.78, 5) is 12.5. The van der Waals surface area contributed by atoms with E-state index in [0.29, 0.717) is 11.8 Å². The summed E-state index contributed by atoms with van der Waals surface area (Å²) in [6.45, 7) is 1.06. The average Bonchev–Trinajstić information content (AvgIpc) is 2.57. The van der Waals surface area contributed by atoms with Crippen LogP contribution in [-0.4, -0.2) is 18.4 Å². The van der Waals surface area contributed by atoms with Crippen LogP contribution in [0.2, 0.25) is 0 Å². The zero-order valence-corrected chi connectivity index (χ0v) is 12.0. The van der Waals surface area contributed by atoms with Crippen LogP contribution in [0, 0.1) is 5.92 Å². The molecule has 1 aromatic rings. The summed E-state index contributed by atoms with van der Waals surface area (Å²) >= 11 is 3.57. The zero-order chi connectivity index (χ0) is 12.5. The van der Waals surface area contributed by atoms with E-state index in [9.17, 15) is 4.79 Å². The molecule has 1 fully saturated rings. The number of hydrogen-bond donors (Lipinski definition) is 1. The molecule has 2 unspecified atom stereocenters. The zero-order valence-electron chi connectivity index (χ0n) is 10.4. The van der Waals surface area contributed by atoms with Gasteiger partial charge in [-0.2, -0.15) is 0 Å². The monoisotopic (exact) mass is 307 g/mol. The SMILES string of the molecule is O=C1c2cccc(Br)c2CC1C1CCCCCN1. The molecule has 1 heterocycles. The van der Waals surface area contributed by atoms with Gasteiger partial charge in [0.2, 0.25) is 0 Å². The highest BCUT2D eigenvalue weighted by molar-refractivity contribution is 9.10. The third kappa shape index (κ3) is 2.14. The first-order chi connectivity index (χ1) is 8.77. The third-order valence-electron chi connectivity index (χ3n) is 4.23. The molecule has 1 aliphatic heterocycles. The maximum atomic E-state index is 12.5. The van der Waals surface area contributed by atoms with Gasteiger partial charge < -0.3 is 5.32 Å². The van der Waals surface area contributed by atoms with Crippen LogP contribution in [0.1, 0.15) is 41.6 Å². The van der Waals surface area contributed by atoms with Crippen molar-refractivity contribution in [1.29, 1.82) is 0 Å². The number of Topliss-reactive ketones (excluding diaryl/α,β-unsaturated/α-hetero) is 1. The number of carbonyl (C=O) groups excluding carboxylic acids is 1. The molecule has 2 aliphatic rings. The minimum atomic E-state index is 0.150. The molecular weight excluding hydrogens is 290 g/mol. The Morgan fingerprint density at radius 1 is 1.22 bits per heavy atom. The fourth-order valence-electron chi connectivity index (χ4n) is 3.23. The summed E-state index contributed by atoms with van der Waals surface area (Å²) in [7, 11) is 0. The molecule has 3 rings (SSSR count). The minimum Gasteiger partial charge on any atom is -0.313 e. The molecule has 2 atom stereocenters. The van der Waals surface area contributed by atoms with Crippen molar-refractivity contribution >= 4 is 21.7 Å². The second-order valence-electron chi connectivity index (χ2n) is 5.35. The van der Waals surface area contributed by atoms with E-state index >= 15 is 0 Å². The number of halogens is 1. The van der Waals surface area contributed by atoms with Gasteiger partial charge in [0.1, 0.15) is 0 Å². The summed E-state index contributed by atoms with van der Waals surface area (Å²) in [5, 5.41) is 3.57. The summed E-state index contributed by atoms with van der Waals surface area (Å²) in [6.07, 6.45) is 5.82. The Kier molecular flexibility index (Phi) is 3.53. The van der Waals surface area contributed by atoms with E-state index in [4.69, 9.17) is 0 Å². The van der Waals surface area contributed by atoms with Gasteiger partial charge in [0.15, 0.2) is 5.78 Å². The highest BCUT2D eigenvalue weighted by atomic mass is 79.9. The van der Waals surface area contributed by atoms with Crippen LogP contribution >= 0.6 is 15.9 Å². The van der Waals surface area contributed by atoms with Crippen LogP contribution < -0.4 is 5.32 Å². The number of fused-ring (bicyclic) bond motifs is 1. The van der Waals surface area contributed by atoms with Crippen molar-refractivity contribution in [3.05, 3.63) is 33.8 Å². The van der Waals surface area contributed by atoms with E-state index in [0.717, 1.165) is 29.4 Å². The molecule has 96 valence electrons. The van der Waals surface area contributed by atoms with Gasteiger partial charge in [-0.05, 0) is 37.4 Å². The van der Waals surface area contributed by atoms with E-state index in [1.165, 1.54) is 24.8 Å². The van der Waals surface area contributed by atoms with E-state index in [1.807, 2.05) is 18.2 Å². The highest BCUT2D eigenvalue weighted by Gasteiger charge is 2.36. The lowest BCUT2D eigenvalue weighted by atomic mass is 9.92. The molecule has 3 heteroatoms. The van der Waals surface area contributed by atoms with Gasteiger partial charge >= 0.3 is 0 Å². The highest BCUT2D eigenvalue weighted by Crippen LogP contribution is 2.35. The van der Waals surface area contributed by atoms with E-state index in [2.05, 4.69) is 21.2 Å². The maximum Gasteiger partial charge on any atom is 0.168 e. The lowest BCUT2D eigenvalue weighted by Crippen LogP contribution is -2.38. The van der Waals surface area contributed by atoms with Gasteiger partial charge in [-0.3, -0.25) is 4.79 Å². The first-order valence-electron chi connectivity index (χ1n) is 6.82. The van der Waals surface area contributed by atoms with Crippen molar-refractivity contribution in [3.63, 3.8) is 0 Å². The third-order valence-corrected chi connectivity index (χ3v) is 4.97. The standard InChI is InChI=1S/C15H18BrNO/c16-13-6-4-5-10-11(13)9-12(15(10)18)14-7-2-1-3-8-17-14/h4-6,12,14,17H,1-3,7-9H2. The number of nitrogens with one attached hydrogen (secondary N) is 1. The molecule has 0 bridgehead atoms. The number of ketones is 1. The molecule has 0 amide bonds. The second kappa shape index (κ2) is 5.14. The van der Waals surface area contributed by atoms with Gasteiger partial charge in [0.25, 0.3) is 0 Å². The molecule has 1 N–H and O–H groups in total. The predicted molar refractivity (Wildman–Crippen MR) is 75.9 cm³/mol. The maximum absolute atomic E-state index is 12.5. The van der Waals surface area contributed by atoms with E-state index in [1.54, 1.807) is 0 Å². The van der Waals surface area contributed by atoms with Crippen molar-refractivity contribution < 1.29 is 4.79 Å². The van der Waals surface area contributed by atoms with Crippen LogP contribution in [0.4, 0.5) is 0 Å². The fourth-order valence-corrected chi connectivity index (χ4v) is 3.76. The molecular formula is C15H18BrNO. The van der Waals surface area contributed by atoms with Crippen LogP contribution in [0.5, 0.6) is 0 Å². The van der Waals surface area contributed by atoms with Gasteiger partial charge in [0.05, 0.1) is 0 Å². The topological polar surface area (TPSA) is 29.1 Å². The lowest BCUT2D eigenvalue weighted by Gasteiger charge is -2.21. The molecule has 1 saturated heterocycles. The average molecular weight is 308 g/mol. The molecule has 1 aromatic carbocycles. The Hall–Kier alpha value is -0.670. The van der Waals surface area contributed by atoms with Crippen molar-refractivity contribution in [1.82, 2.24) is 5.32 Å². The van der Waals surface area contributed by atoms with Crippen molar-refractivity contribution in [2.75, 3.05) is 6.54 Å². The summed E-state index contributed by atoms with van der Waals surface area (Å²) < 4.78 is 1.09. The first kappa shape index (κ1) is 12.4. The predicted octanol–water partition coefficient (Wildman–Crippen LogP) is 3.34. The molecule has 18 heavy (non-hydrogen) atoms. The quantitative estimate of drug-likeness (QED) is 0.862. The Bertz CT molecular complexity index is 464. The van der Waals surface area contributed by atoms with Crippen molar-refractivity contribution in [2.45, 2.75) is 38.1 Å². The van der Waals surface area contributed by atoms with E-state index < -0.39 is 0 Å². The normalized spacial score (nSPS) is 27.9. The van der Waals surface area contributed by atoms with Crippen LogP contribution in [0.25, 0.3) is 0 Å². The molecule has 0 spiro atoms. The summed E-state index contributed by atoms with van der Waals surface area (Å²) in [5.74, 6) is 0.488. The molecule has 0 radical (unpaired) electrons. The fraction of sp³-hybridized carbons (Fsp3) is 0.533. The lowest BCUT2D eigenvalue weighted by molar-refractivity contribution is 0.0907. The molecule has 0 saturated carbocycles. The molecule has 0 aromatic heterocycles. The smallest absolute Gasteiger partial charge is 0.168 e. The summed E-state index contributed by atoms with van der Waals surface area (Å²) in [6, 6.07) is 6.34. The Morgan fingerprint density at radius 2 is 2.11 bits per heavy atom. The van der Waals surface area contributed by atoms with Crippen molar-refractivity contribution in [3.8, 4) is 0 Å². The van der Waals surface area contributed by atoms with E-state index in [-0.39, 0.29) is 5.92 Å². The Balaban J connectivity index is 1.85. The summed E-state index contributed by atoms with van der Waals surface area (Å²) in [5.41, 5.74) is 2.14. The van der Waals surface area contributed by atoms with Crippen molar-refractivity contribution in [2.24, 2.45) is 5.92 Å². The van der Waals surface area contributed by atoms with Crippen LogP contribution in [0.3, 0.4) is 0 Å². The number of benzene rings is 1. The van der Waals surface area contributed by atoms with Crippen LogP contribution in [-0.2, 0) is 6.42 Å². The molecule has 1 aliphatic carbocycles. The largest absolute Gasteiger partial charge is 0.313 e. The van der Waals surface area contributed by atoms with Gasteiger partial charge in [-0.1, -0.05) is 40.9 Å². The second-order valence-corrected chi connectivity index (χ2v) is 6.21. The van der Waals surface area contributed by atoms with Gasteiger partial charge in [-0.25, -0.2) is 0 Å². The van der Waals surface area contributed by atoms with Gasteiger partial charge in [-0.15, -0.1) is 0 Å². The Morgan fingerprint density at radius 3 is 2.94 bits per heavy atom. The molecule has 2 nitrogen and oxygen atoms in total. The number of carbonyl (C=O) groups is 1. The number of hydrogen-bond acceptors (Lipinski definition) is 2. The number of rotatable bonds is 1. The Labute approximate surface area is 116 Å².